The smallest absolute Gasteiger partial charge is 0.220 e. The fraction of sp³-hybridized carbons (Fsp3) is 0.0435. The van der Waals surface area contributed by atoms with E-state index < -0.39 is 0 Å². The SMILES string of the molecule is COc1cccc2c3c(oc12)/C(=C/C=O)OC(/C=C/C=C(\Cl)c1ccc(F)cc1)=N3. The second-order valence-electron chi connectivity index (χ2n) is 6.22. The number of nitrogens with zero attached hydrogens (tertiary/aromatic N) is 1. The maximum Gasteiger partial charge on any atom is 0.220 e. The normalized spacial score (nSPS) is 15.2. The number of aliphatic imine (C=N–C) groups is 1. The number of ether oxygens (including phenoxy) is 2. The monoisotopic (exact) mass is 423 g/mol. The predicted octanol–water partition coefficient (Wildman–Crippen LogP) is 6.02. The summed E-state index contributed by atoms with van der Waals surface area (Å²) in [6.07, 6.45) is 6.76. The molecule has 0 saturated carbocycles. The fourth-order valence-electron chi connectivity index (χ4n) is 2.97. The minimum Gasteiger partial charge on any atom is -0.493 e. The Kier molecular flexibility index (Phi) is 5.50. The Morgan fingerprint density at radius 1 is 1.20 bits per heavy atom. The van der Waals surface area contributed by atoms with Crippen molar-refractivity contribution in [3.8, 4) is 5.75 Å². The molecule has 1 aliphatic heterocycles. The zero-order chi connectivity index (χ0) is 21.1. The number of fused-ring (bicyclic) bond motifs is 3. The molecule has 4 rings (SSSR count). The maximum atomic E-state index is 13.0. The molecule has 0 saturated heterocycles. The van der Waals surface area contributed by atoms with E-state index in [0.29, 0.717) is 39.7 Å². The number of hydrogen-bond donors (Lipinski definition) is 0. The Balaban J connectivity index is 1.71. The van der Waals surface area contributed by atoms with E-state index in [1.54, 1.807) is 43.5 Å². The van der Waals surface area contributed by atoms with E-state index in [2.05, 4.69) is 4.99 Å². The molecule has 150 valence electrons. The Morgan fingerprint density at radius 2 is 2.00 bits per heavy atom. The third-order valence-corrected chi connectivity index (χ3v) is 4.70. The molecule has 0 N–H and O–H groups in total. The van der Waals surface area contributed by atoms with Crippen molar-refractivity contribution in [2.45, 2.75) is 0 Å². The minimum absolute atomic E-state index is 0.238. The topological polar surface area (TPSA) is 61.0 Å². The molecule has 0 aliphatic carbocycles. The first kappa shape index (κ1) is 19.7. The van der Waals surface area contributed by atoms with Crippen molar-refractivity contribution in [2.24, 2.45) is 4.99 Å². The highest BCUT2D eigenvalue weighted by Gasteiger charge is 2.26. The second kappa shape index (κ2) is 8.39. The first-order valence-corrected chi connectivity index (χ1v) is 9.30. The summed E-state index contributed by atoms with van der Waals surface area (Å²) in [5.41, 5.74) is 1.72. The molecule has 2 aromatic carbocycles. The van der Waals surface area contributed by atoms with E-state index in [1.165, 1.54) is 18.2 Å². The lowest BCUT2D eigenvalue weighted by molar-refractivity contribution is -0.104. The molecule has 1 aromatic heterocycles. The zero-order valence-corrected chi connectivity index (χ0v) is 16.5. The molecule has 0 radical (unpaired) electrons. The van der Waals surface area contributed by atoms with E-state index in [9.17, 15) is 9.18 Å². The standard InChI is InChI=1S/C23H15ClFNO4/c1-28-18-6-2-4-16-21-23(30-22(16)18)19(12-13-27)29-20(26-21)7-3-5-17(24)14-8-10-15(25)11-9-14/h2-13H,1H3/b7-3+,17-5-,19-12-. The van der Waals surface area contributed by atoms with Crippen LogP contribution in [0.3, 0.4) is 0 Å². The minimum atomic E-state index is -0.335. The fourth-order valence-corrected chi connectivity index (χ4v) is 3.17. The average Bonchev–Trinajstić information content (AvgIpc) is 3.13. The number of rotatable bonds is 5. The molecule has 0 spiro atoms. The van der Waals surface area contributed by atoms with Crippen LogP contribution in [0.1, 0.15) is 11.3 Å². The van der Waals surface area contributed by atoms with Gasteiger partial charge in [0.15, 0.2) is 22.9 Å². The molecule has 30 heavy (non-hydrogen) atoms. The van der Waals surface area contributed by atoms with E-state index in [1.807, 2.05) is 12.1 Å². The predicted molar refractivity (Wildman–Crippen MR) is 114 cm³/mol. The molecular weight excluding hydrogens is 409 g/mol. The highest BCUT2D eigenvalue weighted by Crippen LogP contribution is 2.43. The van der Waals surface area contributed by atoms with Crippen LogP contribution in [0.2, 0.25) is 0 Å². The molecule has 3 aromatic rings. The molecule has 5 nitrogen and oxygen atoms in total. The van der Waals surface area contributed by atoms with Crippen molar-refractivity contribution in [1.82, 2.24) is 0 Å². The van der Waals surface area contributed by atoms with Gasteiger partial charge in [-0.1, -0.05) is 35.9 Å². The Hall–Kier alpha value is -3.64. The average molecular weight is 424 g/mol. The van der Waals surface area contributed by atoms with Gasteiger partial charge in [0.1, 0.15) is 17.8 Å². The van der Waals surface area contributed by atoms with Crippen molar-refractivity contribution in [3.05, 3.63) is 83.9 Å². The number of halogens is 2. The summed E-state index contributed by atoms with van der Waals surface area (Å²) >= 11 is 6.25. The Morgan fingerprint density at radius 3 is 2.73 bits per heavy atom. The Labute approximate surface area is 176 Å². The molecule has 0 fully saturated rings. The van der Waals surface area contributed by atoms with Crippen LogP contribution in [0.4, 0.5) is 10.1 Å². The number of benzene rings is 2. The summed E-state index contributed by atoms with van der Waals surface area (Å²) < 4.78 is 29.9. The van der Waals surface area contributed by atoms with Crippen molar-refractivity contribution >= 4 is 51.2 Å². The van der Waals surface area contributed by atoms with Gasteiger partial charge in [0, 0.05) is 17.2 Å². The lowest BCUT2D eigenvalue weighted by atomic mass is 10.2. The van der Waals surface area contributed by atoms with E-state index in [4.69, 9.17) is 25.5 Å². The first-order valence-electron chi connectivity index (χ1n) is 8.92. The van der Waals surface area contributed by atoms with Crippen LogP contribution in [0.25, 0.3) is 21.8 Å². The second-order valence-corrected chi connectivity index (χ2v) is 6.62. The summed E-state index contributed by atoms with van der Waals surface area (Å²) in [7, 11) is 1.55. The van der Waals surface area contributed by atoms with Crippen LogP contribution in [-0.2, 0) is 9.53 Å². The number of furan rings is 1. The van der Waals surface area contributed by atoms with Crippen molar-refractivity contribution in [2.75, 3.05) is 7.11 Å². The highest BCUT2D eigenvalue weighted by molar-refractivity contribution is 6.48. The van der Waals surface area contributed by atoms with Gasteiger partial charge in [0.2, 0.25) is 5.90 Å². The molecule has 7 heteroatoms. The molecule has 0 bridgehead atoms. The number of carbonyl (C=O) groups is 1. The number of methoxy groups -OCH3 is 1. The van der Waals surface area contributed by atoms with E-state index in [-0.39, 0.29) is 17.5 Å². The molecule has 0 amide bonds. The van der Waals surface area contributed by atoms with Gasteiger partial charge in [-0.15, -0.1) is 0 Å². The quantitative estimate of drug-likeness (QED) is 0.286. The lowest BCUT2D eigenvalue weighted by Crippen LogP contribution is -2.05. The molecule has 0 unspecified atom stereocenters. The van der Waals surface area contributed by atoms with E-state index >= 15 is 0 Å². The van der Waals surface area contributed by atoms with Gasteiger partial charge in [-0.3, -0.25) is 4.79 Å². The van der Waals surface area contributed by atoms with Crippen LogP contribution >= 0.6 is 11.6 Å². The van der Waals surface area contributed by atoms with Crippen molar-refractivity contribution in [1.29, 1.82) is 0 Å². The van der Waals surface area contributed by atoms with Crippen molar-refractivity contribution < 1.29 is 23.1 Å². The van der Waals surface area contributed by atoms with Crippen LogP contribution in [0.15, 0.2) is 76.2 Å². The highest BCUT2D eigenvalue weighted by atomic mass is 35.5. The number of para-hydroxylation sites is 1. The lowest BCUT2D eigenvalue weighted by Gasteiger charge is -2.12. The molecular formula is C23H15ClFNO4. The van der Waals surface area contributed by atoms with Gasteiger partial charge in [-0.25, -0.2) is 9.38 Å². The zero-order valence-electron chi connectivity index (χ0n) is 15.8. The number of aldehydes is 1. The van der Waals surface area contributed by atoms with Crippen LogP contribution in [-0.4, -0.2) is 19.3 Å². The number of hydrogen-bond acceptors (Lipinski definition) is 5. The summed E-state index contributed by atoms with van der Waals surface area (Å²) in [6, 6.07) is 11.3. The third-order valence-electron chi connectivity index (χ3n) is 4.35. The van der Waals surface area contributed by atoms with Crippen LogP contribution < -0.4 is 4.74 Å². The van der Waals surface area contributed by atoms with Gasteiger partial charge in [0.25, 0.3) is 0 Å². The first-order chi connectivity index (χ1) is 14.6. The number of carbonyl (C=O) groups excluding carboxylic acids is 1. The Bertz CT molecular complexity index is 1240. The molecule has 1 aliphatic rings. The van der Waals surface area contributed by atoms with E-state index in [0.717, 1.165) is 5.39 Å². The van der Waals surface area contributed by atoms with Crippen LogP contribution in [0.5, 0.6) is 5.75 Å². The largest absolute Gasteiger partial charge is 0.493 e. The summed E-state index contributed by atoms with van der Waals surface area (Å²) in [5.74, 6) is 1.05. The molecule has 0 atom stereocenters. The van der Waals surface area contributed by atoms with Gasteiger partial charge >= 0.3 is 0 Å². The van der Waals surface area contributed by atoms with Crippen LogP contribution in [0, 0.1) is 5.82 Å². The number of allylic oxidation sites excluding steroid dienone is 3. The summed E-state index contributed by atoms with van der Waals surface area (Å²) in [5, 5.41) is 1.15. The summed E-state index contributed by atoms with van der Waals surface area (Å²) in [6.45, 7) is 0. The third kappa shape index (κ3) is 3.77. The van der Waals surface area contributed by atoms with Gasteiger partial charge < -0.3 is 13.9 Å². The van der Waals surface area contributed by atoms with Gasteiger partial charge in [0.05, 0.1) is 12.5 Å². The molecule has 2 heterocycles. The van der Waals surface area contributed by atoms with Gasteiger partial charge in [-0.2, -0.15) is 0 Å². The maximum absolute atomic E-state index is 13.0. The summed E-state index contributed by atoms with van der Waals surface area (Å²) in [4.78, 5) is 15.6. The van der Waals surface area contributed by atoms with Crippen molar-refractivity contribution in [3.63, 3.8) is 0 Å². The van der Waals surface area contributed by atoms with Gasteiger partial charge in [-0.05, 0) is 35.9 Å².